The van der Waals surface area contributed by atoms with E-state index >= 15 is 0 Å². The molecule has 76 valence electrons. The first-order valence-corrected chi connectivity index (χ1v) is 4.28. The molecule has 0 aliphatic heterocycles. The van der Waals surface area contributed by atoms with Gasteiger partial charge in [-0.25, -0.2) is 9.78 Å². The third-order valence-corrected chi connectivity index (χ3v) is 1.65. The Labute approximate surface area is 81.4 Å². The predicted molar refractivity (Wildman–Crippen MR) is 51.4 cm³/mol. The number of pyridine rings is 1. The fourth-order valence-electron chi connectivity index (χ4n) is 0.920. The Hall–Kier alpha value is -1.62. The van der Waals surface area contributed by atoms with Crippen LogP contribution in [0.4, 0.5) is 5.82 Å². The number of carboxylic acid groups (broad SMARTS) is 1. The van der Waals surface area contributed by atoms with E-state index in [1.807, 2.05) is 0 Å². The van der Waals surface area contributed by atoms with Gasteiger partial charge in [0.05, 0.1) is 5.56 Å². The van der Waals surface area contributed by atoms with Crippen LogP contribution in [0.2, 0.25) is 0 Å². The Balaban J connectivity index is 2.51. The molecule has 0 bridgehead atoms. The normalized spacial score (nSPS) is 9.79. The molecule has 0 aliphatic rings. The number of carbonyl (C=O) groups is 1. The minimum Gasteiger partial charge on any atom is -0.478 e. The minimum atomic E-state index is -0.987. The van der Waals surface area contributed by atoms with Crippen LogP contribution in [0.15, 0.2) is 18.3 Å². The molecule has 0 aliphatic carbocycles. The summed E-state index contributed by atoms with van der Waals surface area (Å²) < 4.78 is 0. The van der Waals surface area contributed by atoms with Gasteiger partial charge in [-0.05, 0) is 18.6 Å². The average molecular weight is 196 g/mol. The maximum atomic E-state index is 10.5. The quantitative estimate of drug-likeness (QED) is 0.600. The molecule has 5 nitrogen and oxygen atoms in total. The molecule has 1 aromatic heterocycles. The highest BCUT2D eigenvalue weighted by Crippen LogP contribution is 2.04. The molecule has 0 aromatic carbocycles. The zero-order valence-electron chi connectivity index (χ0n) is 7.60. The molecule has 5 heteroatoms. The number of aromatic carboxylic acids is 1. The average Bonchev–Trinajstić information content (AvgIpc) is 2.19. The summed E-state index contributed by atoms with van der Waals surface area (Å²) >= 11 is 0. The molecule has 0 unspecified atom stereocenters. The Bertz CT molecular complexity index is 297. The number of nitrogens with zero attached hydrogens (tertiary/aromatic N) is 1. The first-order chi connectivity index (χ1) is 6.74. The topological polar surface area (TPSA) is 82.5 Å². The zero-order valence-corrected chi connectivity index (χ0v) is 7.60. The number of nitrogens with one attached hydrogen (secondary N) is 1. The third kappa shape index (κ3) is 3.02. The van der Waals surface area contributed by atoms with Crippen LogP contribution in [0.5, 0.6) is 0 Å². The van der Waals surface area contributed by atoms with E-state index in [9.17, 15) is 4.79 Å². The van der Waals surface area contributed by atoms with Crippen LogP contribution >= 0.6 is 0 Å². The van der Waals surface area contributed by atoms with Crippen LogP contribution in [0, 0.1) is 0 Å². The lowest BCUT2D eigenvalue weighted by molar-refractivity contribution is 0.0696. The number of rotatable bonds is 5. The Morgan fingerprint density at radius 1 is 1.50 bits per heavy atom. The molecule has 0 atom stereocenters. The highest BCUT2D eigenvalue weighted by Gasteiger charge is 2.01. The molecule has 1 aromatic rings. The summed E-state index contributed by atoms with van der Waals surface area (Å²) in [6, 6.07) is 3.08. The molecule has 0 radical (unpaired) electrons. The Morgan fingerprint density at radius 3 is 2.79 bits per heavy atom. The second kappa shape index (κ2) is 5.18. The Morgan fingerprint density at radius 2 is 2.29 bits per heavy atom. The van der Waals surface area contributed by atoms with Crippen molar-refractivity contribution in [3.05, 3.63) is 23.9 Å². The highest BCUT2D eigenvalue weighted by atomic mass is 16.4. The van der Waals surface area contributed by atoms with Gasteiger partial charge >= 0.3 is 5.97 Å². The Kier molecular flexibility index (Phi) is 3.87. The maximum Gasteiger partial charge on any atom is 0.337 e. The SMILES string of the molecule is O=C(O)c1ccc(NCCCO)nc1. The molecule has 0 saturated heterocycles. The number of aliphatic hydroxyl groups excluding tert-OH is 1. The van der Waals surface area contributed by atoms with Gasteiger partial charge in [0, 0.05) is 19.3 Å². The van der Waals surface area contributed by atoms with Gasteiger partial charge in [0.15, 0.2) is 0 Å². The van der Waals surface area contributed by atoms with Gasteiger partial charge in [0.1, 0.15) is 5.82 Å². The summed E-state index contributed by atoms with van der Waals surface area (Å²) in [5.74, 6) is -0.372. The molecule has 14 heavy (non-hydrogen) atoms. The van der Waals surface area contributed by atoms with Crippen molar-refractivity contribution in [2.24, 2.45) is 0 Å². The molecule has 0 spiro atoms. The number of anilines is 1. The summed E-state index contributed by atoms with van der Waals surface area (Å²) in [6.45, 7) is 0.746. The number of hydrogen-bond donors (Lipinski definition) is 3. The van der Waals surface area contributed by atoms with Gasteiger partial charge in [0.2, 0.25) is 0 Å². The van der Waals surface area contributed by atoms with Crippen LogP contribution in [0.1, 0.15) is 16.8 Å². The lowest BCUT2D eigenvalue weighted by Gasteiger charge is -2.03. The molecular weight excluding hydrogens is 184 g/mol. The van der Waals surface area contributed by atoms with Crippen molar-refractivity contribution in [1.29, 1.82) is 0 Å². The summed E-state index contributed by atoms with van der Waals surface area (Å²) in [6.07, 6.45) is 1.94. The first kappa shape index (κ1) is 10.5. The van der Waals surface area contributed by atoms with Gasteiger partial charge in [-0.1, -0.05) is 0 Å². The smallest absolute Gasteiger partial charge is 0.337 e. The second-order valence-electron chi connectivity index (χ2n) is 2.74. The number of hydrogen-bond acceptors (Lipinski definition) is 4. The predicted octanol–water partition coefficient (Wildman–Crippen LogP) is 0.574. The minimum absolute atomic E-state index is 0.125. The van der Waals surface area contributed by atoms with Gasteiger partial charge in [-0.3, -0.25) is 0 Å². The lowest BCUT2D eigenvalue weighted by Crippen LogP contribution is -2.05. The summed E-state index contributed by atoms with van der Waals surface area (Å²) in [5, 5.41) is 20.1. The largest absolute Gasteiger partial charge is 0.478 e. The lowest BCUT2D eigenvalue weighted by atomic mass is 10.3. The molecule has 1 heterocycles. The van der Waals surface area contributed by atoms with Crippen LogP contribution in [-0.4, -0.2) is 34.3 Å². The van der Waals surface area contributed by atoms with E-state index in [4.69, 9.17) is 10.2 Å². The van der Waals surface area contributed by atoms with Crippen molar-refractivity contribution in [3.63, 3.8) is 0 Å². The van der Waals surface area contributed by atoms with E-state index in [0.29, 0.717) is 18.8 Å². The maximum absolute atomic E-state index is 10.5. The number of carboxylic acids is 1. The number of aromatic nitrogens is 1. The van der Waals surface area contributed by atoms with Crippen LogP contribution < -0.4 is 5.32 Å². The third-order valence-electron chi connectivity index (χ3n) is 1.65. The van der Waals surface area contributed by atoms with Crippen molar-refractivity contribution in [2.45, 2.75) is 6.42 Å². The standard InChI is InChI=1S/C9H12N2O3/c12-5-1-4-10-8-3-2-7(6-11-8)9(13)14/h2-3,6,12H,1,4-5H2,(H,10,11)(H,13,14). The van der Waals surface area contributed by atoms with Crippen LogP contribution in [-0.2, 0) is 0 Å². The van der Waals surface area contributed by atoms with Crippen molar-refractivity contribution in [1.82, 2.24) is 4.98 Å². The van der Waals surface area contributed by atoms with E-state index < -0.39 is 5.97 Å². The van der Waals surface area contributed by atoms with Gasteiger partial charge in [-0.15, -0.1) is 0 Å². The molecule has 0 saturated carbocycles. The van der Waals surface area contributed by atoms with Crippen molar-refractivity contribution in [3.8, 4) is 0 Å². The first-order valence-electron chi connectivity index (χ1n) is 4.28. The van der Waals surface area contributed by atoms with Gasteiger partial charge < -0.3 is 15.5 Å². The molecule has 3 N–H and O–H groups in total. The summed E-state index contributed by atoms with van der Waals surface area (Å²) in [5.41, 5.74) is 0.165. The molecular formula is C9H12N2O3. The summed E-state index contributed by atoms with van der Waals surface area (Å²) in [4.78, 5) is 14.4. The zero-order chi connectivity index (χ0) is 10.4. The van der Waals surface area contributed by atoms with Crippen LogP contribution in [0.3, 0.4) is 0 Å². The second-order valence-corrected chi connectivity index (χ2v) is 2.74. The highest BCUT2D eigenvalue weighted by molar-refractivity contribution is 5.87. The monoisotopic (exact) mass is 196 g/mol. The van der Waals surface area contributed by atoms with E-state index in [-0.39, 0.29) is 12.2 Å². The van der Waals surface area contributed by atoms with Crippen molar-refractivity contribution in [2.75, 3.05) is 18.5 Å². The fraction of sp³-hybridized carbons (Fsp3) is 0.333. The fourth-order valence-corrected chi connectivity index (χ4v) is 0.920. The number of aliphatic hydroxyl groups is 1. The van der Waals surface area contributed by atoms with Crippen molar-refractivity contribution < 1.29 is 15.0 Å². The molecule has 0 amide bonds. The summed E-state index contributed by atoms with van der Waals surface area (Å²) in [7, 11) is 0. The van der Waals surface area contributed by atoms with E-state index in [2.05, 4.69) is 10.3 Å². The van der Waals surface area contributed by atoms with E-state index in [1.54, 1.807) is 6.07 Å². The molecule has 1 rings (SSSR count). The van der Waals surface area contributed by atoms with Gasteiger partial charge in [0.25, 0.3) is 0 Å². The van der Waals surface area contributed by atoms with Crippen LogP contribution in [0.25, 0.3) is 0 Å². The van der Waals surface area contributed by atoms with E-state index in [1.165, 1.54) is 12.3 Å². The van der Waals surface area contributed by atoms with E-state index in [0.717, 1.165) is 0 Å². The molecule has 0 fully saturated rings. The van der Waals surface area contributed by atoms with Crippen molar-refractivity contribution >= 4 is 11.8 Å². The van der Waals surface area contributed by atoms with Gasteiger partial charge in [-0.2, -0.15) is 0 Å².